The molecule has 0 radical (unpaired) electrons. The fraction of sp³-hybridized carbons (Fsp3) is 0.500. The van der Waals surface area contributed by atoms with Crippen LogP contribution in [0, 0.1) is 23.7 Å². The topological polar surface area (TPSA) is 95.6 Å². The van der Waals surface area contributed by atoms with Crippen LogP contribution in [-0.4, -0.2) is 57.9 Å². The molecule has 3 amide bonds. The van der Waals surface area contributed by atoms with Crippen LogP contribution in [0.2, 0.25) is 0 Å². The summed E-state index contributed by atoms with van der Waals surface area (Å²) in [6.07, 6.45) is 5.32. The zero-order valence-corrected chi connectivity index (χ0v) is 22.4. The molecule has 5 atom stereocenters. The van der Waals surface area contributed by atoms with Crippen molar-refractivity contribution < 1.29 is 19.2 Å². The number of fused-ring (bicyclic) bond motifs is 2. The van der Waals surface area contributed by atoms with Crippen LogP contribution in [0.15, 0.2) is 49.6 Å². The second-order valence-electron chi connectivity index (χ2n) is 10.3. The molecule has 0 unspecified atom stereocenters. The molecule has 0 aromatic heterocycles. The van der Waals surface area contributed by atoms with E-state index in [1.165, 1.54) is 17.2 Å². The van der Waals surface area contributed by atoms with Gasteiger partial charge in [0.1, 0.15) is 10.4 Å². The van der Waals surface area contributed by atoms with Gasteiger partial charge < -0.3 is 15.5 Å². The number of nitrogens with zero attached hydrogens (tertiary/aromatic N) is 1. The van der Waals surface area contributed by atoms with Gasteiger partial charge in [0.15, 0.2) is 0 Å². The van der Waals surface area contributed by atoms with Gasteiger partial charge in [-0.3, -0.25) is 19.2 Å². The predicted octanol–water partition coefficient (Wildman–Crippen LogP) is 2.99. The summed E-state index contributed by atoms with van der Waals surface area (Å²) < 4.78 is -1.10. The Morgan fingerprint density at radius 3 is 2.38 bits per heavy atom. The summed E-state index contributed by atoms with van der Waals surface area (Å²) in [5.41, 5.74) is 2.51. The molecule has 1 aromatic rings. The van der Waals surface area contributed by atoms with Crippen molar-refractivity contribution in [2.24, 2.45) is 23.7 Å². The number of carbonyl (C=O) groups excluding carboxylic acids is 4. The maximum Gasteiger partial charge on any atom is 0.289 e. The third kappa shape index (κ3) is 5.34. The number of benzene rings is 1. The van der Waals surface area contributed by atoms with E-state index in [0.29, 0.717) is 6.42 Å². The van der Waals surface area contributed by atoms with Crippen molar-refractivity contribution in [2.45, 2.75) is 49.0 Å². The Balaban J connectivity index is 1.49. The summed E-state index contributed by atoms with van der Waals surface area (Å²) in [6.45, 7) is 9.51. The van der Waals surface area contributed by atoms with Crippen LogP contribution in [0.3, 0.4) is 0 Å². The van der Waals surface area contributed by atoms with Crippen molar-refractivity contribution in [3.05, 3.63) is 60.7 Å². The van der Waals surface area contributed by atoms with Crippen molar-refractivity contribution in [1.82, 2.24) is 15.5 Å². The lowest BCUT2D eigenvalue weighted by molar-refractivity contribution is -0.145. The Morgan fingerprint density at radius 1 is 1.14 bits per heavy atom. The maximum absolute atomic E-state index is 13.7. The average Bonchev–Trinajstić information content (AvgIpc) is 3.27. The van der Waals surface area contributed by atoms with E-state index in [9.17, 15) is 19.2 Å². The predicted molar refractivity (Wildman–Crippen MR) is 143 cm³/mol. The molecule has 0 bridgehead atoms. The molecule has 198 valence electrons. The van der Waals surface area contributed by atoms with Gasteiger partial charge in [0.25, 0.3) is 5.91 Å². The molecular weight excluding hydrogens is 513 g/mol. The Morgan fingerprint density at radius 2 is 1.78 bits per heavy atom. The number of hydrogen-bond acceptors (Lipinski definition) is 4. The van der Waals surface area contributed by atoms with Crippen LogP contribution in [0.4, 0.5) is 0 Å². The number of Topliss-reactive ketones (excluding diaryl/α,β-unsaturated/α-hetero) is 1. The molecule has 3 aliphatic rings. The van der Waals surface area contributed by atoms with Crippen LogP contribution in [0.1, 0.15) is 30.9 Å². The van der Waals surface area contributed by atoms with Gasteiger partial charge in [0.05, 0.1) is 6.04 Å². The smallest absolute Gasteiger partial charge is 0.289 e. The number of likely N-dealkylation sites (tertiary alicyclic amines) is 1. The van der Waals surface area contributed by atoms with E-state index in [0.717, 1.165) is 12.8 Å². The van der Waals surface area contributed by atoms with Crippen molar-refractivity contribution in [3.8, 4) is 0 Å². The number of carbonyl (C=O) groups is 4. The SMILES string of the molecule is C=CCC[C@H](NC(=O)[C@@H]1[C@@H]2[C@H](CN1C(=O)[C@@H](C)C1Cc3ccccc3C1)C2(Cl)Cl)C(=O)C(=O)NCC=C. The zero-order valence-electron chi connectivity index (χ0n) is 20.9. The Kier molecular flexibility index (Phi) is 8.14. The van der Waals surface area contributed by atoms with Gasteiger partial charge in [-0.25, -0.2) is 0 Å². The molecule has 1 aromatic carbocycles. The molecule has 1 heterocycles. The molecule has 4 rings (SSSR count). The minimum atomic E-state index is -1.10. The summed E-state index contributed by atoms with van der Waals surface area (Å²) >= 11 is 12.9. The van der Waals surface area contributed by atoms with Gasteiger partial charge in [-0.15, -0.1) is 36.4 Å². The highest BCUT2D eigenvalue weighted by Crippen LogP contribution is 2.65. The van der Waals surface area contributed by atoms with Crippen molar-refractivity contribution in [3.63, 3.8) is 0 Å². The van der Waals surface area contributed by atoms with Gasteiger partial charge >= 0.3 is 0 Å². The quantitative estimate of drug-likeness (QED) is 0.254. The van der Waals surface area contributed by atoms with E-state index in [1.54, 1.807) is 11.0 Å². The molecule has 1 saturated heterocycles. The fourth-order valence-corrected chi connectivity index (χ4v) is 6.59. The lowest BCUT2D eigenvalue weighted by Gasteiger charge is -2.33. The Bertz CT molecular complexity index is 1100. The number of ketones is 1. The normalized spacial score (nSPS) is 24.8. The fourth-order valence-electron chi connectivity index (χ4n) is 5.76. The first kappa shape index (κ1) is 27.4. The number of amides is 3. The zero-order chi connectivity index (χ0) is 26.9. The van der Waals surface area contributed by atoms with Gasteiger partial charge in [-0.2, -0.15) is 0 Å². The molecule has 2 fully saturated rings. The molecule has 1 saturated carbocycles. The monoisotopic (exact) mass is 545 g/mol. The second-order valence-corrected chi connectivity index (χ2v) is 11.7. The van der Waals surface area contributed by atoms with E-state index in [4.69, 9.17) is 23.2 Å². The van der Waals surface area contributed by atoms with Crippen molar-refractivity contribution in [1.29, 1.82) is 0 Å². The minimum Gasteiger partial charge on any atom is -0.346 e. The highest BCUT2D eigenvalue weighted by molar-refractivity contribution is 6.51. The lowest BCUT2D eigenvalue weighted by atomic mass is 9.89. The molecule has 1 aliphatic heterocycles. The number of alkyl halides is 2. The van der Waals surface area contributed by atoms with Crippen LogP contribution >= 0.6 is 23.2 Å². The maximum atomic E-state index is 13.7. The first-order valence-corrected chi connectivity index (χ1v) is 13.5. The average molecular weight is 546 g/mol. The third-order valence-corrected chi connectivity index (χ3v) is 9.05. The van der Waals surface area contributed by atoms with Gasteiger partial charge in [-0.1, -0.05) is 43.3 Å². The van der Waals surface area contributed by atoms with Crippen molar-refractivity contribution in [2.75, 3.05) is 13.1 Å². The second kappa shape index (κ2) is 11.0. The van der Waals surface area contributed by atoms with E-state index >= 15 is 0 Å². The van der Waals surface area contributed by atoms with E-state index < -0.39 is 39.9 Å². The van der Waals surface area contributed by atoms with Crippen LogP contribution < -0.4 is 10.6 Å². The molecular formula is C28H33Cl2N3O4. The van der Waals surface area contributed by atoms with Crippen LogP contribution in [0.5, 0.6) is 0 Å². The van der Waals surface area contributed by atoms with Crippen molar-refractivity contribution >= 4 is 46.7 Å². The molecule has 2 aliphatic carbocycles. The number of halogens is 2. The van der Waals surface area contributed by atoms with E-state index in [-0.39, 0.29) is 43.2 Å². The van der Waals surface area contributed by atoms with E-state index in [1.807, 2.05) is 19.1 Å². The molecule has 2 N–H and O–H groups in total. The Hall–Kier alpha value is -2.64. The molecule has 0 spiro atoms. The number of hydrogen-bond donors (Lipinski definition) is 2. The standard InChI is InChI=1S/C28H33Cl2N3O4/c1-4-6-11-21(24(34)26(36)31-12-5-2)32-25(35)23-22-20(28(22,29)30)15-33(23)27(37)16(3)19-13-17-9-7-8-10-18(17)14-19/h4-5,7-10,16,19-23H,1-2,6,11-15H2,3H3,(H,31,36)(H,32,35)/t16-,20-,21-,22-,23-/m0/s1. The van der Waals surface area contributed by atoms with Crippen LogP contribution in [-0.2, 0) is 32.0 Å². The van der Waals surface area contributed by atoms with Gasteiger partial charge in [0.2, 0.25) is 17.6 Å². The summed E-state index contributed by atoms with van der Waals surface area (Å²) in [5, 5.41) is 5.17. The number of nitrogens with one attached hydrogen (secondary N) is 2. The number of allylic oxidation sites excluding steroid dienone is 1. The summed E-state index contributed by atoms with van der Waals surface area (Å²) in [7, 11) is 0. The largest absolute Gasteiger partial charge is 0.346 e. The van der Waals surface area contributed by atoms with Gasteiger partial charge in [0, 0.05) is 30.8 Å². The van der Waals surface area contributed by atoms with Crippen LogP contribution in [0.25, 0.3) is 0 Å². The third-order valence-electron chi connectivity index (χ3n) is 7.99. The Labute approximate surface area is 227 Å². The first-order chi connectivity index (χ1) is 17.6. The van der Waals surface area contributed by atoms with Gasteiger partial charge in [-0.05, 0) is 42.7 Å². The summed E-state index contributed by atoms with van der Waals surface area (Å²) in [4.78, 5) is 53.9. The summed E-state index contributed by atoms with van der Waals surface area (Å²) in [6, 6.07) is 6.22. The highest BCUT2D eigenvalue weighted by atomic mass is 35.5. The number of piperidine rings is 1. The summed E-state index contributed by atoms with van der Waals surface area (Å²) in [5.74, 6) is -3.03. The highest BCUT2D eigenvalue weighted by Gasteiger charge is 2.74. The lowest BCUT2D eigenvalue weighted by Crippen LogP contribution is -2.56. The molecule has 7 nitrogen and oxygen atoms in total. The number of rotatable bonds is 11. The minimum absolute atomic E-state index is 0.119. The molecule has 9 heteroatoms. The molecule has 37 heavy (non-hydrogen) atoms. The first-order valence-electron chi connectivity index (χ1n) is 12.7. The van der Waals surface area contributed by atoms with E-state index in [2.05, 4.69) is 35.9 Å².